The molecule has 3 rings (SSSR count). The van der Waals surface area contributed by atoms with Crippen LogP contribution in [0.1, 0.15) is 20.7 Å². The van der Waals surface area contributed by atoms with E-state index >= 15 is 0 Å². The molecule has 84 valence electrons. The second-order valence-corrected chi connectivity index (χ2v) is 6.99. The van der Waals surface area contributed by atoms with E-state index in [0.717, 1.165) is 18.7 Å². The van der Waals surface area contributed by atoms with Gasteiger partial charge >= 0.3 is 0 Å². The molecule has 1 aliphatic carbocycles. The summed E-state index contributed by atoms with van der Waals surface area (Å²) in [5, 5.41) is 0. The van der Waals surface area contributed by atoms with Gasteiger partial charge in [0.05, 0.1) is 3.79 Å². The van der Waals surface area contributed by atoms with Gasteiger partial charge in [-0.15, -0.1) is 11.3 Å². The summed E-state index contributed by atoms with van der Waals surface area (Å²) >= 11 is 8.14. The van der Waals surface area contributed by atoms with Crippen LogP contribution in [0.3, 0.4) is 0 Å². The molecule has 0 N–H and O–H groups in total. The quantitative estimate of drug-likeness (QED) is 0.646. The molecule has 17 heavy (non-hydrogen) atoms. The van der Waals surface area contributed by atoms with E-state index in [2.05, 4.69) is 31.9 Å². The number of rotatable bonds is 0. The van der Waals surface area contributed by atoms with Crippen LogP contribution >= 0.6 is 43.2 Å². The first-order chi connectivity index (χ1) is 8.08. The van der Waals surface area contributed by atoms with Gasteiger partial charge in [0.15, 0.2) is 0 Å². The number of hydrogen-bond acceptors (Lipinski definition) is 3. The second-order valence-electron chi connectivity index (χ2n) is 3.64. The van der Waals surface area contributed by atoms with E-state index in [1.165, 1.54) is 11.3 Å². The highest BCUT2D eigenvalue weighted by Gasteiger charge is 2.32. The molecule has 0 radical (unpaired) electrons. The number of fused-ring (bicyclic) bond motifs is 3. The minimum atomic E-state index is -0.431. The maximum atomic E-state index is 12.0. The Hall–Kier alpha value is -0.780. The van der Waals surface area contributed by atoms with Gasteiger partial charge in [-0.1, -0.05) is 22.0 Å². The largest absolute Gasteiger partial charge is 0.285 e. The predicted molar refractivity (Wildman–Crippen MR) is 73.8 cm³/mol. The van der Waals surface area contributed by atoms with E-state index < -0.39 is 11.6 Å². The molecule has 5 heteroatoms. The fourth-order valence-corrected chi connectivity index (χ4v) is 3.87. The number of thiophene rings is 1. The zero-order chi connectivity index (χ0) is 12.2. The molecule has 1 aromatic heterocycles. The average molecular weight is 372 g/mol. The highest BCUT2D eigenvalue weighted by molar-refractivity contribution is 9.11. The van der Waals surface area contributed by atoms with E-state index in [-0.39, 0.29) is 0 Å². The zero-order valence-electron chi connectivity index (χ0n) is 8.29. The zero-order valence-corrected chi connectivity index (χ0v) is 12.3. The van der Waals surface area contributed by atoms with E-state index in [1.54, 1.807) is 12.1 Å². The van der Waals surface area contributed by atoms with Gasteiger partial charge in [0.25, 0.3) is 0 Å². The third-order valence-electron chi connectivity index (χ3n) is 2.62. The molecular weight excluding hydrogens is 368 g/mol. The van der Waals surface area contributed by atoms with Gasteiger partial charge in [-0.25, -0.2) is 0 Å². The Morgan fingerprint density at radius 2 is 1.59 bits per heavy atom. The van der Waals surface area contributed by atoms with Crippen molar-refractivity contribution in [3.63, 3.8) is 0 Å². The van der Waals surface area contributed by atoms with Crippen LogP contribution in [0.4, 0.5) is 0 Å². The molecule has 1 aromatic carbocycles. The average Bonchev–Trinajstić information content (AvgIpc) is 2.68. The molecule has 2 aromatic rings. The Labute approximate surface area is 118 Å². The highest BCUT2D eigenvalue weighted by Crippen LogP contribution is 2.41. The summed E-state index contributed by atoms with van der Waals surface area (Å²) in [7, 11) is 0. The minimum absolute atomic E-state index is 0.424. The van der Waals surface area contributed by atoms with Crippen molar-refractivity contribution in [2.24, 2.45) is 0 Å². The van der Waals surface area contributed by atoms with Crippen LogP contribution in [-0.4, -0.2) is 11.6 Å². The van der Waals surface area contributed by atoms with Crippen molar-refractivity contribution >= 4 is 54.8 Å². The summed E-state index contributed by atoms with van der Waals surface area (Å²) in [6, 6.07) is 7.15. The minimum Gasteiger partial charge on any atom is -0.285 e. The van der Waals surface area contributed by atoms with Crippen molar-refractivity contribution in [2.75, 3.05) is 0 Å². The van der Waals surface area contributed by atoms with Crippen LogP contribution in [0.5, 0.6) is 0 Å². The first kappa shape index (κ1) is 11.3. The van der Waals surface area contributed by atoms with Crippen molar-refractivity contribution in [1.82, 2.24) is 0 Å². The van der Waals surface area contributed by atoms with Crippen molar-refractivity contribution in [2.45, 2.75) is 0 Å². The number of benzene rings is 1. The standard InChI is InChI=1S/C12H4Br2O2S/c13-5-1-2-6-7(3-5)10(15)11(16)8-4-9(14)17-12(6)8/h1-4H. The molecule has 0 fully saturated rings. The Bertz CT molecular complexity index is 673. The molecule has 0 saturated heterocycles. The molecule has 0 unspecified atom stereocenters. The Kier molecular flexibility index (Phi) is 2.57. The molecule has 0 amide bonds. The number of halogens is 2. The van der Waals surface area contributed by atoms with Gasteiger partial charge < -0.3 is 0 Å². The van der Waals surface area contributed by atoms with E-state index in [9.17, 15) is 9.59 Å². The SMILES string of the molecule is O=C1C(=O)c2cc(Br)sc2-c2ccc(Br)cc21. The van der Waals surface area contributed by atoms with Crippen molar-refractivity contribution in [3.8, 4) is 10.4 Å². The van der Waals surface area contributed by atoms with E-state index in [0.29, 0.717) is 11.1 Å². The lowest BCUT2D eigenvalue weighted by Crippen LogP contribution is -2.19. The number of carbonyl (C=O) groups is 2. The van der Waals surface area contributed by atoms with Crippen LogP contribution in [0.25, 0.3) is 10.4 Å². The Morgan fingerprint density at radius 1 is 0.882 bits per heavy atom. The van der Waals surface area contributed by atoms with Crippen molar-refractivity contribution < 1.29 is 9.59 Å². The number of carbonyl (C=O) groups excluding carboxylic acids is 2. The smallest absolute Gasteiger partial charge is 0.235 e. The Balaban J connectivity index is 2.39. The van der Waals surface area contributed by atoms with Crippen LogP contribution in [0.2, 0.25) is 0 Å². The van der Waals surface area contributed by atoms with Crippen LogP contribution in [-0.2, 0) is 0 Å². The lowest BCUT2D eigenvalue weighted by Gasteiger charge is -2.13. The molecule has 0 spiro atoms. The second kappa shape index (κ2) is 3.86. The summed E-state index contributed by atoms with van der Waals surface area (Å²) in [6.45, 7) is 0. The fourth-order valence-electron chi connectivity index (χ4n) is 1.88. The van der Waals surface area contributed by atoms with Gasteiger partial charge in [-0.3, -0.25) is 9.59 Å². The summed E-state index contributed by atoms with van der Waals surface area (Å²) in [4.78, 5) is 24.7. The van der Waals surface area contributed by atoms with Gasteiger partial charge in [-0.2, -0.15) is 0 Å². The molecule has 1 aliphatic rings. The molecular formula is C12H4Br2O2S. The first-order valence-corrected chi connectivity index (χ1v) is 7.16. The maximum absolute atomic E-state index is 12.0. The number of ketones is 2. The highest BCUT2D eigenvalue weighted by atomic mass is 79.9. The van der Waals surface area contributed by atoms with E-state index in [1.807, 2.05) is 12.1 Å². The number of Topliss-reactive ketones (excluding diaryl/α,β-unsaturated/α-hetero) is 2. The van der Waals surface area contributed by atoms with Crippen LogP contribution < -0.4 is 0 Å². The lowest BCUT2D eigenvalue weighted by atomic mass is 9.90. The summed E-state index contributed by atoms with van der Waals surface area (Å²) < 4.78 is 1.66. The van der Waals surface area contributed by atoms with Crippen LogP contribution in [0, 0.1) is 0 Å². The predicted octanol–water partition coefficient (Wildman–Crippen LogP) is 4.32. The molecule has 0 atom stereocenters. The summed E-state index contributed by atoms with van der Waals surface area (Å²) in [6.07, 6.45) is 0. The topological polar surface area (TPSA) is 34.1 Å². The van der Waals surface area contributed by atoms with Crippen molar-refractivity contribution in [1.29, 1.82) is 0 Å². The Morgan fingerprint density at radius 3 is 2.35 bits per heavy atom. The molecule has 0 aliphatic heterocycles. The monoisotopic (exact) mass is 370 g/mol. The third-order valence-corrected chi connectivity index (χ3v) is 4.79. The third kappa shape index (κ3) is 1.64. The summed E-state index contributed by atoms with van der Waals surface area (Å²) in [5.41, 5.74) is 1.82. The van der Waals surface area contributed by atoms with Gasteiger partial charge in [0.2, 0.25) is 11.6 Å². The molecule has 0 bridgehead atoms. The van der Waals surface area contributed by atoms with Gasteiger partial charge in [0, 0.05) is 26.0 Å². The lowest BCUT2D eigenvalue weighted by molar-refractivity contribution is 0.0815. The number of hydrogen-bond donors (Lipinski definition) is 0. The molecule has 2 nitrogen and oxygen atoms in total. The molecule has 1 heterocycles. The van der Waals surface area contributed by atoms with Crippen molar-refractivity contribution in [3.05, 3.63) is 43.7 Å². The summed E-state index contributed by atoms with van der Waals surface area (Å²) in [5.74, 6) is -0.855. The van der Waals surface area contributed by atoms with Gasteiger partial charge in [-0.05, 0) is 34.1 Å². The fraction of sp³-hybridized carbons (Fsp3) is 0. The maximum Gasteiger partial charge on any atom is 0.235 e. The van der Waals surface area contributed by atoms with E-state index in [4.69, 9.17) is 0 Å². The van der Waals surface area contributed by atoms with Crippen LogP contribution in [0.15, 0.2) is 32.5 Å². The van der Waals surface area contributed by atoms with Gasteiger partial charge in [0.1, 0.15) is 0 Å². The first-order valence-electron chi connectivity index (χ1n) is 4.76. The normalized spacial score (nSPS) is 13.5. The molecule has 0 saturated carbocycles.